The van der Waals surface area contributed by atoms with Gasteiger partial charge in [0.25, 0.3) is 0 Å². The van der Waals surface area contributed by atoms with Crippen LogP contribution in [0.2, 0.25) is 5.02 Å². The van der Waals surface area contributed by atoms with E-state index in [-0.39, 0.29) is 0 Å². The number of aryl methyl sites for hydroxylation is 1. The molecule has 0 amide bonds. The van der Waals surface area contributed by atoms with Crippen molar-refractivity contribution in [2.75, 3.05) is 7.11 Å². The number of aromatic nitrogens is 2. The minimum Gasteiger partial charge on any atom is -0.495 e. The van der Waals surface area contributed by atoms with Gasteiger partial charge in [0.2, 0.25) is 0 Å². The van der Waals surface area contributed by atoms with Gasteiger partial charge in [-0.3, -0.25) is 0 Å². The van der Waals surface area contributed by atoms with E-state index in [1.165, 1.54) is 0 Å². The maximum Gasteiger partial charge on any atom is 0.137 e. The molecule has 2 aromatic rings. The molecule has 0 aliphatic carbocycles. The molecule has 0 saturated carbocycles. The first-order chi connectivity index (χ1) is 7.70. The van der Waals surface area contributed by atoms with Crippen molar-refractivity contribution in [2.45, 2.75) is 13.5 Å². The summed E-state index contributed by atoms with van der Waals surface area (Å²) in [6, 6.07) is 5.80. The van der Waals surface area contributed by atoms with Gasteiger partial charge in [-0.15, -0.1) is 0 Å². The van der Waals surface area contributed by atoms with Crippen molar-refractivity contribution in [3.63, 3.8) is 0 Å². The van der Waals surface area contributed by atoms with Gasteiger partial charge in [0.1, 0.15) is 11.6 Å². The Balaban J connectivity index is 2.23. The van der Waals surface area contributed by atoms with Crippen LogP contribution in [0.3, 0.4) is 0 Å². The quantitative estimate of drug-likeness (QED) is 0.820. The Hall–Kier alpha value is -1.48. The zero-order chi connectivity index (χ0) is 11.5. The van der Waals surface area contributed by atoms with Crippen LogP contribution in [-0.2, 0) is 6.54 Å². The van der Waals surface area contributed by atoms with Crippen LogP contribution >= 0.6 is 11.6 Å². The molecule has 0 N–H and O–H groups in total. The molecule has 0 unspecified atom stereocenters. The third-order valence-corrected chi connectivity index (χ3v) is 2.79. The highest BCUT2D eigenvalue weighted by molar-refractivity contribution is 6.32. The van der Waals surface area contributed by atoms with Crippen LogP contribution < -0.4 is 4.74 Å². The topological polar surface area (TPSA) is 27.1 Å². The van der Waals surface area contributed by atoms with Crippen molar-refractivity contribution in [1.82, 2.24) is 9.55 Å². The second-order valence-electron chi connectivity index (χ2n) is 3.57. The summed E-state index contributed by atoms with van der Waals surface area (Å²) < 4.78 is 7.18. The standard InChI is InChI=1S/C12H13ClN2O/c1-9-14-5-6-15(9)8-10-3-4-12(16-2)11(13)7-10/h3-7H,8H2,1-2H3. The lowest BCUT2D eigenvalue weighted by molar-refractivity contribution is 0.415. The van der Waals surface area contributed by atoms with E-state index < -0.39 is 0 Å². The highest BCUT2D eigenvalue weighted by Gasteiger charge is 2.03. The average molecular weight is 237 g/mol. The zero-order valence-electron chi connectivity index (χ0n) is 9.27. The summed E-state index contributed by atoms with van der Waals surface area (Å²) in [7, 11) is 1.61. The van der Waals surface area contributed by atoms with Gasteiger partial charge in [-0.1, -0.05) is 17.7 Å². The van der Waals surface area contributed by atoms with Crippen LogP contribution in [0.4, 0.5) is 0 Å². The molecule has 0 aliphatic rings. The lowest BCUT2D eigenvalue weighted by Crippen LogP contribution is -2.00. The molecule has 0 radical (unpaired) electrons. The number of nitrogens with zero attached hydrogens (tertiary/aromatic N) is 2. The number of methoxy groups -OCH3 is 1. The molecule has 0 aliphatic heterocycles. The molecule has 0 atom stereocenters. The number of hydrogen-bond acceptors (Lipinski definition) is 2. The Labute approximate surface area is 99.6 Å². The van der Waals surface area contributed by atoms with E-state index in [1.807, 2.05) is 31.3 Å². The molecule has 84 valence electrons. The third kappa shape index (κ3) is 2.19. The molecular formula is C12H13ClN2O. The van der Waals surface area contributed by atoms with E-state index in [1.54, 1.807) is 13.3 Å². The highest BCUT2D eigenvalue weighted by Crippen LogP contribution is 2.25. The lowest BCUT2D eigenvalue weighted by atomic mass is 10.2. The van der Waals surface area contributed by atoms with Crippen LogP contribution in [0.25, 0.3) is 0 Å². The first-order valence-electron chi connectivity index (χ1n) is 5.01. The second kappa shape index (κ2) is 4.58. The number of halogens is 1. The summed E-state index contributed by atoms with van der Waals surface area (Å²) in [5.41, 5.74) is 1.13. The molecule has 0 fully saturated rings. The van der Waals surface area contributed by atoms with Crippen molar-refractivity contribution in [2.24, 2.45) is 0 Å². The van der Waals surface area contributed by atoms with E-state index in [0.717, 1.165) is 17.9 Å². The van der Waals surface area contributed by atoms with Gasteiger partial charge in [0, 0.05) is 18.9 Å². The average Bonchev–Trinajstić information content (AvgIpc) is 2.65. The van der Waals surface area contributed by atoms with Gasteiger partial charge >= 0.3 is 0 Å². The molecule has 0 bridgehead atoms. The van der Waals surface area contributed by atoms with Crippen LogP contribution in [0, 0.1) is 6.92 Å². The van der Waals surface area contributed by atoms with Gasteiger partial charge < -0.3 is 9.30 Å². The van der Waals surface area contributed by atoms with Gasteiger partial charge in [-0.25, -0.2) is 4.98 Å². The van der Waals surface area contributed by atoms with Crippen molar-refractivity contribution in [3.8, 4) is 5.75 Å². The summed E-state index contributed by atoms with van der Waals surface area (Å²) in [4.78, 5) is 4.17. The Kier molecular flexibility index (Phi) is 3.15. The minimum absolute atomic E-state index is 0.637. The summed E-state index contributed by atoms with van der Waals surface area (Å²) in [5.74, 6) is 1.69. The molecule has 1 aromatic heterocycles. The summed E-state index contributed by atoms with van der Waals surface area (Å²) in [5, 5.41) is 0.637. The van der Waals surface area contributed by atoms with Gasteiger partial charge in [-0.05, 0) is 24.6 Å². The van der Waals surface area contributed by atoms with Crippen LogP contribution in [-0.4, -0.2) is 16.7 Å². The fourth-order valence-electron chi connectivity index (χ4n) is 1.58. The predicted molar refractivity (Wildman–Crippen MR) is 64.1 cm³/mol. The van der Waals surface area contributed by atoms with E-state index in [0.29, 0.717) is 10.8 Å². The number of benzene rings is 1. The first-order valence-corrected chi connectivity index (χ1v) is 5.38. The largest absolute Gasteiger partial charge is 0.495 e. The molecule has 2 rings (SSSR count). The third-order valence-electron chi connectivity index (χ3n) is 2.49. The fraction of sp³-hybridized carbons (Fsp3) is 0.250. The summed E-state index contributed by atoms with van der Waals surface area (Å²) in [6.07, 6.45) is 3.74. The van der Waals surface area contributed by atoms with Crippen LogP contribution in [0.1, 0.15) is 11.4 Å². The predicted octanol–water partition coefficient (Wildman–Crippen LogP) is 2.90. The molecule has 1 heterocycles. The summed E-state index contributed by atoms with van der Waals surface area (Å²) >= 11 is 6.06. The lowest BCUT2D eigenvalue weighted by Gasteiger charge is -2.08. The first kappa shape index (κ1) is 11.0. The molecule has 1 aromatic carbocycles. The Morgan fingerprint density at radius 1 is 1.44 bits per heavy atom. The van der Waals surface area contributed by atoms with Gasteiger partial charge in [0.15, 0.2) is 0 Å². The van der Waals surface area contributed by atoms with Crippen molar-refractivity contribution < 1.29 is 4.74 Å². The molecule has 16 heavy (non-hydrogen) atoms. The van der Waals surface area contributed by atoms with Gasteiger partial charge in [-0.2, -0.15) is 0 Å². The number of imidazole rings is 1. The molecule has 3 nitrogen and oxygen atoms in total. The van der Waals surface area contributed by atoms with E-state index in [4.69, 9.17) is 16.3 Å². The maximum atomic E-state index is 6.06. The normalized spacial score (nSPS) is 10.4. The number of ether oxygens (including phenoxy) is 1. The molecule has 0 saturated heterocycles. The Bertz CT molecular complexity index is 494. The number of rotatable bonds is 3. The molecular weight excluding hydrogens is 224 g/mol. The van der Waals surface area contributed by atoms with E-state index >= 15 is 0 Å². The monoisotopic (exact) mass is 236 g/mol. The zero-order valence-corrected chi connectivity index (χ0v) is 10.0. The second-order valence-corrected chi connectivity index (χ2v) is 3.98. The van der Waals surface area contributed by atoms with Gasteiger partial charge in [0.05, 0.1) is 12.1 Å². The van der Waals surface area contributed by atoms with Crippen molar-refractivity contribution in [1.29, 1.82) is 0 Å². The van der Waals surface area contributed by atoms with Crippen molar-refractivity contribution in [3.05, 3.63) is 47.0 Å². The van der Waals surface area contributed by atoms with E-state index in [9.17, 15) is 0 Å². The SMILES string of the molecule is COc1ccc(Cn2ccnc2C)cc1Cl. The Morgan fingerprint density at radius 3 is 2.81 bits per heavy atom. The minimum atomic E-state index is 0.637. The van der Waals surface area contributed by atoms with Crippen LogP contribution in [0.5, 0.6) is 5.75 Å². The Morgan fingerprint density at radius 2 is 2.25 bits per heavy atom. The summed E-state index contributed by atoms with van der Waals surface area (Å²) in [6.45, 7) is 2.75. The molecule has 0 spiro atoms. The van der Waals surface area contributed by atoms with Crippen molar-refractivity contribution >= 4 is 11.6 Å². The van der Waals surface area contributed by atoms with E-state index in [2.05, 4.69) is 9.55 Å². The molecule has 4 heteroatoms. The smallest absolute Gasteiger partial charge is 0.137 e. The highest BCUT2D eigenvalue weighted by atomic mass is 35.5. The maximum absolute atomic E-state index is 6.06. The number of hydrogen-bond donors (Lipinski definition) is 0. The van der Waals surface area contributed by atoms with Crippen LogP contribution in [0.15, 0.2) is 30.6 Å². The fourth-order valence-corrected chi connectivity index (χ4v) is 1.86.